The summed E-state index contributed by atoms with van der Waals surface area (Å²) < 4.78 is 1.48. The summed E-state index contributed by atoms with van der Waals surface area (Å²) in [6.45, 7) is 0.0450. The van der Waals surface area contributed by atoms with Crippen LogP contribution in [0.1, 0.15) is 17.2 Å². The van der Waals surface area contributed by atoms with Crippen LogP contribution in [0.5, 0.6) is 0 Å². The molecule has 1 heterocycles. The minimum atomic E-state index is -1.60. The number of benzene rings is 2. The molecular formula is C17H16ClN3O2. The van der Waals surface area contributed by atoms with Gasteiger partial charge in [0, 0.05) is 10.6 Å². The van der Waals surface area contributed by atoms with Crippen LogP contribution in [0.15, 0.2) is 67.3 Å². The maximum Gasteiger partial charge on any atom is 0.139 e. The van der Waals surface area contributed by atoms with Crippen LogP contribution in [0.3, 0.4) is 0 Å². The highest BCUT2D eigenvalue weighted by Crippen LogP contribution is 2.39. The summed E-state index contributed by atoms with van der Waals surface area (Å²) in [6, 6.07) is 15.9. The van der Waals surface area contributed by atoms with Gasteiger partial charge in [-0.3, -0.25) is 0 Å². The third-order valence-electron chi connectivity index (χ3n) is 3.80. The predicted octanol–water partition coefficient (Wildman–Crippen LogP) is 2.55. The molecule has 0 bridgehead atoms. The molecule has 2 unspecified atom stereocenters. The van der Waals surface area contributed by atoms with Crippen molar-refractivity contribution in [2.24, 2.45) is 0 Å². The zero-order chi connectivity index (χ0) is 16.3. The molecule has 1 aromatic heterocycles. The van der Waals surface area contributed by atoms with Crippen molar-refractivity contribution in [1.82, 2.24) is 14.8 Å². The van der Waals surface area contributed by atoms with E-state index in [1.165, 1.54) is 17.3 Å². The summed E-state index contributed by atoms with van der Waals surface area (Å²) in [5.74, 6) is 0. The van der Waals surface area contributed by atoms with E-state index in [0.29, 0.717) is 16.1 Å². The van der Waals surface area contributed by atoms with Crippen LogP contribution in [-0.2, 0) is 12.1 Å². The Morgan fingerprint density at radius 2 is 1.78 bits per heavy atom. The van der Waals surface area contributed by atoms with Gasteiger partial charge >= 0.3 is 0 Å². The molecule has 0 spiro atoms. The number of hydrogen-bond acceptors (Lipinski definition) is 4. The van der Waals surface area contributed by atoms with E-state index in [-0.39, 0.29) is 6.54 Å². The van der Waals surface area contributed by atoms with Gasteiger partial charge in [-0.15, -0.1) is 0 Å². The van der Waals surface area contributed by atoms with Crippen molar-refractivity contribution >= 4 is 11.6 Å². The molecule has 2 N–H and O–H groups in total. The molecular weight excluding hydrogens is 314 g/mol. The second-order valence-corrected chi connectivity index (χ2v) is 5.71. The van der Waals surface area contributed by atoms with E-state index in [0.717, 1.165) is 0 Å². The zero-order valence-corrected chi connectivity index (χ0v) is 13.0. The van der Waals surface area contributed by atoms with Gasteiger partial charge in [0.05, 0.1) is 6.54 Å². The summed E-state index contributed by atoms with van der Waals surface area (Å²) in [7, 11) is 0. The number of nitrogens with zero attached hydrogens (tertiary/aromatic N) is 3. The number of rotatable bonds is 5. The first-order valence-corrected chi connectivity index (χ1v) is 7.52. The van der Waals surface area contributed by atoms with E-state index in [9.17, 15) is 10.2 Å². The first-order chi connectivity index (χ1) is 11.1. The van der Waals surface area contributed by atoms with Gasteiger partial charge in [0.15, 0.2) is 0 Å². The standard InChI is InChI=1S/C17H16ClN3O2/c18-15-9-5-4-8-14(15)16(22)17(23,10-21-12-19-11-20-21)13-6-2-1-3-7-13/h1-9,11-12,16,22-23H,10H2. The number of aliphatic hydroxyl groups is 2. The first kappa shape index (κ1) is 15.7. The Labute approximate surface area is 138 Å². The van der Waals surface area contributed by atoms with Crippen LogP contribution in [-0.4, -0.2) is 25.0 Å². The Balaban J connectivity index is 2.06. The number of hydrogen-bond donors (Lipinski definition) is 2. The molecule has 0 fully saturated rings. The highest BCUT2D eigenvalue weighted by Gasteiger charge is 2.40. The van der Waals surface area contributed by atoms with Crippen LogP contribution >= 0.6 is 11.6 Å². The minimum Gasteiger partial charge on any atom is -0.385 e. The summed E-state index contributed by atoms with van der Waals surface area (Å²) in [6.07, 6.45) is 1.66. The van der Waals surface area contributed by atoms with Gasteiger partial charge in [-0.2, -0.15) is 5.10 Å². The fourth-order valence-corrected chi connectivity index (χ4v) is 2.82. The molecule has 0 aliphatic carbocycles. The molecule has 3 rings (SSSR count). The van der Waals surface area contributed by atoms with Gasteiger partial charge < -0.3 is 10.2 Å². The van der Waals surface area contributed by atoms with Gasteiger partial charge in [-0.05, 0) is 11.6 Å². The van der Waals surface area contributed by atoms with Gasteiger partial charge in [-0.1, -0.05) is 60.1 Å². The SMILES string of the molecule is OC(c1ccccc1Cl)C(O)(Cn1cncn1)c1ccccc1. The van der Waals surface area contributed by atoms with Crippen molar-refractivity contribution in [2.45, 2.75) is 18.2 Å². The van der Waals surface area contributed by atoms with E-state index in [1.54, 1.807) is 48.5 Å². The zero-order valence-electron chi connectivity index (χ0n) is 12.2. The van der Waals surface area contributed by atoms with E-state index in [4.69, 9.17) is 11.6 Å². The molecule has 0 aliphatic heterocycles. The third kappa shape index (κ3) is 3.12. The smallest absolute Gasteiger partial charge is 0.139 e. The molecule has 23 heavy (non-hydrogen) atoms. The normalized spacial score (nSPS) is 15.1. The summed E-state index contributed by atoms with van der Waals surface area (Å²) in [4.78, 5) is 3.88. The van der Waals surface area contributed by atoms with Crippen molar-refractivity contribution in [3.8, 4) is 0 Å². The Hall–Kier alpha value is -2.21. The molecule has 2 aromatic carbocycles. The predicted molar refractivity (Wildman–Crippen MR) is 86.8 cm³/mol. The summed E-state index contributed by atoms with van der Waals surface area (Å²) in [5.41, 5.74) is -0.566. The Morgan fingerprint density at radius 3 is 2.43 bits per heavy atom. The monoisotopic (exact) mass is 329 g/mol. The first-order valence-electron chi connectivity index (χ1n) is 7.14. The molecule has 118 valence electrons. The lowest BCUT2D eigenvalue weighted by Crippen LogP contribution is -2.38. The lowest BCUT2D eigenvalue weighted by molar-refractivity contribution is -0.0964. The molecule has 6 heteroatoms. The number of aliphatic hydroxyl groups excluding tert-OH is 1. The van der Waals surface area contributed by atoms with Gasteiger partial charge in [0.1, 0.15) is 24.4 Å². The van der Waals surface area contributed by atoms with Gasteiger partial charge in [-0.25, -0.2) is 9.67 Å². The van der Waals surface area contributed by atoms with Crippen molar-refractivity contribution < 1.29 is 10.2 Å². The maximum absolute atomic E-state index is 11.3. The Kier molecular flexibility index (Phi) is 4.43. The quantitative estimate of drug-likeness (QED) is 0.754. The molecule has 0 saturated heterocycles. The van der Waals surface area contributed by atoms with Crippen LogP contribution in [0.25, 0.3) is 0 Å². The lowest BCUT2D eigenvalue weighted by atomic mass is 9.84. The third-order valence-corrected chi connectivity index (χ3v) is 4.14. The number of halogens is 1. The second-order valence-electron chi connectivity index (χ2n) is 5.31. The van der Waals surface area contributed by atoms with Gasteiger partial charge in [0.2, 0.25) is 0 Å². The van der Waals surface area contributed by atoms with Crippen LogP contribution in [0.2, 0.25) is 5.02 Å². The van der Waals surface area contributed by atoms with Crippen molar-refractivity contribution in [1.29, 1.82) is 0 Å². The van der Waals surface area contributed by atoms with Crippen LogP contribution in [0, 0.1) is 0 Å². The average Bonchev–Trinajstić information content (AvgIpc) is 3.08. The molecule has 0 aliphatic rings. The fraction of sp³-hybridized carbons (Fsp3) is 0.176. The topological polar surface area (TPSA) is 71.2 Å². The minimum absolute atomic E-state index is 0.0450. The molecule has 0 saturated carbocycles. The second kappa shape index (κ2) is 6.50. The van der Waals surface area contributed by atoms with Gasteiger partial charge in [0.25, 0.3) is 0 Å². The van der Waals surface area contributed by atoms with E-state index < -0.39 is 11.7 Å². The van der Waals surface area contributed by atoms with Crippen LogP contribution < -0.4 is 0 Å². The summed E-state index contributed by atoms with van der Waals surface area (Å²) in [5, 5.41) is 26.6. The maximum atomic E-state index is 11.3. The van der Waals surface area contributed by atoms with Crippen molar-refractivity contribution in [2.75, 3.05) is 0 Å². The highest BCUT2D eigenvalue weighted by molar-refractivity contribution is 6.31. The number of aromatic nitrogens is 3. The molecule has 0 radical (unpaired) electrons. The molecule has 3 aromatic rings. The average molecular weight is 330 g/mol. The molecule has 5 nitrogen and oxygen atoms in total. The highest BCUT2D eigenvalue weighted by atomic mass is 35.5. The Morgan fingerprint density at radius 1 is 1.09 bits per heavy atom. The van der Waals surface area contributed by atoms with E-state index in [2.05, 4.69) is 10.1 Å². The van der Waals surface area contributed by atoms with E-state index >= 15 is 0 Å². The van der Waals surface area contributed by atoms with Crippen LogP contribution in [0.4, 0.5) is 0 Å². The molecule has 2 atom stereocenters. The fourth-order valence-electron chi connectivity index (χ4n) is 2.58. The Bertz CT molecular complexity index is 765. The largest absolute Gasteiger partial charge is 0.385 e. The summed E-state index contributed by atoms with van der Waals surface area (Å²) >= 11 is 6.19. The van der Waals surface area contributed by atoms with Crippen molar-refractivity contribution in [3.63, 3.8) is 0 Å². The molecule has 0 amide bonds. The lowest BCUT2D eigenvalue weighted by Gasteiger charge is -2.34. The van der Waals surface area contributed by atoms with E-state index in [1.807, 2.05) is 6.07 Å². The van der Waals surface area contributed by atoms with Crippen molar-refractivity contribution in [3.05, 3.63) is 83.4 Å².